The number of hydrogen-bond donors (Lipinski definition) is 0. The summed E-state index contributed by atoms with van der Waals surface area (Å²) in [4.78, 5) is 4.15. The number of fused-ring (bicyclic) bond motifs is 6. The van der Waals surface area contributed by atoms with E-state index in [1.165, 1.54) is 44.5 Å². The largest absolute Gasteiger partial charge is 0.179 e. The monoisotopic (exact) mass is 601 g/mol. The van der Waals surface area contributed by atoms with Gasteiger partial charge in [-0.15, -0.1) is 16.7 Å². The fraction of sp³-hybridized carbons (Fsp3) is 0.0800. The van der Waals surface area contributed by atoms with Crippen LogP contribution in [0.25, 0.3) is 22.3 Å². The van der Waals surface area contributed by atoms with Gasteiger partial charge in [-0.25, -0.2) is 0 Å². The molecular weight excluding hydrogens is 588 g/mol. The van der Waals surface area contributed by atoms with E-state index in [-0.39, 0.29) is 24.8 Å². The fourth-order valence-corrected chi connectivity index (χ4v) is 4.28. The average molecular weight is 605 g/mol. The van der Waals surface area contributed by atoms with Gasteiger partial charge in [-0.1, -0.05) is 61.4 Å². The molecule has 0 amide bonds. The Bertz CT molecular complexity index is 1140. The first-order valence-corrected chi connectivity index (χ1v) is 13.4. The van der Waals surface area contributed by atoms with Crippen LogP contribution in [0.5, 0.6) is 0 Å². The first-order valence-electron chi connectivity index (χ1n) is 9.22. The van der Waals surface area contributed by atoms with Crippen molar-refractivity contribution in [3.63, 3.8) is 0 Å². The molecule has 0 spiro atoms. The summed E-state index contributed by atoms with van der Waals surface area (Å²) in [5, 5.41) is 0. The maximum Gasteiger partial charge on any atom is -0.0253 e. The summed E-state index contributed by atoms with van der Waals surface area (Å²) in [7, 11) is 4.17. The molecule has 6 rings (SSSR count). The normalized spacial score (nSPS) is 10.9. The van der Waals surface area contributed by atoms with Gasteiger partial charge in [0, 0.05) is 12.4 Å². The molecule has 2 aliphatic rings. The van der Waals surface area contributed by atoms with Crippen molar-refractivity contribution < 1.29 is 47.5 Å². The van der Waals surface area contributed by atoms with Crippen molar-refractivity contribution in [3.05, 3.63) is 112 Å². The summed E-state index contributed by atoms with van der Waals surface area (Å²) in [6.07, 6.45) is 5.81. The van der Waals surface area contributed by atoms with Gasteiger partial charge in [0.25, 0.3) is 0 Å². The summed E-state index contributed by atoms with van der Waals surface area (Å²) in [5.41, 5.74) is 10.7. The Morgan fingerprint density at radius 2 is 1.45 bits per heavy atom. The van der Waals surface area contributed by atoms with Crippen LogP contribution in [0.3, 0.4) is 0 Å². The van der Waals surface area contributed by atoms with Crippen molar-refractivity contribution in [3.8, 4) is 22.3 Å². The predicted molar refractivity (Wildman–Crippen MR) is 120 cm³/mol. The van der Waals surface area contributed by atoms with Gasteiger partial charge in [-0.2, -0.15) is 48.0 Å². The van der Waals surface area contributed by atoms with Crippen LogP contribution in [0.2, 0.25) is 0 Å². The van der Waals surface area contributed by atoms with E-state index in [1.54, 1.807) is 0 Å². The van der Waals surface area contributed by atoms with E-state index in [0.717, 1.165) is 40.0 Å². The van der Waals surface area contributed by atoms with Gasteiger partial charge in [0.05, 0.1) is 0 Å². The number of pyridine rings is 1. The minimum atomic E-state index is 0. The quantitative estimate of drug-likeness (QED) is 0.240. The van der Waals surface area contributed by atoms with Gasteiger partial charge >= 0.3 is 31.5 Å². The Hall–Kier alpha value is -1.03. The van der Waals surface area contributed by atoms with Crippen LogP contribution in [-0.2, 0) is 35.5 Å². The molecule has 1 nitrogen and oxygen atoms in total. The van der Waals surface area contributed by atoms with Gasteiger partial charge in [0.2, 0.25) is 0 Å². The molecule has 2 aliphatic carbocycles. The third kappa shape index (κ3) is 5.67. The molecule has 0 saturated carbocycles. The van der Waals surface area contributed by atoms with Crippen LogP contribution in [0.15, 0.2) is 77.5 Å². The molecule has 0 radical (unpaired) electrons. The van der Waals surface area contributed by atoms with Crippen molar-refractivity contribution in [2.24, 2.45) is 0 Å². The number of aromatic nitrogens is 1. The average Bonchev–Trinajstić information content (AvgIpc) is 3.33. The van der Waals surface area contributed by atoms with Crippen LogP contribution < -0.4 is 24.8 Å². The molecule has 4 aromatic rings. The molecule has 0 fully saturated rings. The predicted octanol–water partition coefficient (Wildman–Crippen LogP) is 0.927. The first kappa shape index (κ1) is 26.2. The maximum absolute atomic E-state index is 4.17. The van der Waals surface area contributed by atoms with Gasteiger partial charge in [0.1, 0.15) is 0 Å². The number of nitrogens with zero attached hydrogens (tertiary/aromatic N) is 1. The Labute approximate surface area is 222 Å². The zero-order valence-electron chi connectivity index (χ0n) is 16.3. The minimum absolute atomic E-state index is 0. The van der Waals surface area contributed by atoms with Gasteiger partial charge < -0.3 is 24.8 Å². The third-order valence-corrected chi connectivity index (χ3v) is 5.64. The maximum atomic E-state index is 4.17. The fourth-order valence-electron chi connectivity index (χ4n) is 3.91. The molecule has 0 unspecified atom stereocenters. The van der Waals surface area contributed by atoms with Gasteiger partial charge in [-0.3, -0.25) is 4.98 Å². The summed E-state index contributed by atoms with van der Waals surface area (Å²) >= 11 is 4.57. The summed E-state index contributed by atoms with van der Waals surface area (Å²) in [6.45, 7) is 0. The van der Waals surface area contributed by atoms with E-state index < -0.39 is 0 Å². The van der Waals surface area contributed by atoms with Crippen molar-refractivity contribution >= 4 is 24.8 Å². The van der Waals surface area contributed by atoms with Crippen molar-refractivity contribution in [2.45, 2.75) is 12.8 Å². The molecule has 1 aromatic heterocycles. The van der Waals surface area contributed by atoms with E-state index >= 15 is 0 Å². The van der Waals surface area contributed by atoms with E-state index in [2.05, 4.69) is 90.4 Å². The molecule has 1 heterocycles. The number of hydrogen-bond acceptors (Lipinski definition) is 2. The molecule has 154 valence electrons. The first-order chi connectivity index (χ1) is 14.3. The molecule has 0 bridgehead atoms. The van der Waals surface area contributed by atoms with Crippen LogP contribution in [-0.4, -0.2) is 4.98 Å². The van der Waals surface area contributed by atoms with Crippen LogP contribution in [0.1, 0.15) is 22.3 Å². The molecule has 6 heteroatoms. The van der Waals surface area contributed by atoms with Crippen molar-refractivity contribution in [1.82, 2.24) is 4.98 Å². The zero-order valence-corrected chi connectivity index (χ0v) is 22.7. The van der Waals surface area contributed by atoms with Gasteiger partial charge in [-0.05, 0) is 24.5 Å². The summed E-state index contributed by atoms with van der Waals surface area (Å²) < 4.78 is 1.03. The number of rotatable bonds is 0. The SMILES string of the molecule is Brc1[c-]c2c(cc1)-c1cnccc1C2.[Cl-].[Cl-].[S]=[Zr+2].[c-]1cccc2c1Cc1ccccc1-2. The topological polar surface area (TPSA) is 12.9 Å². The van der Waals surface area contributed by atoms with E-state index in [9.17, 15) is 0 Å². The van der Waals surface area contributed by atoms with Gasteiger partial charge in [0.15, 0.2) is 0 Å². The van der Waals surface area contributed by atoms with E-state index in [1.807, 2.05) is 24.5 Å². The van der Waals surface area contributed by atoms with Crippen LogP contribution in [0, 0.1) is 12.1 Å². The Balaban J connectivity index is 0.000000193. The zero-order chi connectivity index (χ0) is 20.2. The smallest absolute Gasteiger partial charge is 0.0253 e. The second-order valence-corrected chi connectivity index (χ2v) is 7.66. The van der Waals surface area contributed by atoms with Crippen molar-refractivity contribution in [1.29, 1.82) is 0 Å². The third-order valence-electron chi connectivity index (χ3n) is 5.18. The molecule has 0 atom stereocenters. The Morgan fingerprint density at radius 3 is 2.29 bits per heavy atom. The summed E-state index contributed by atoms with van der Waals surface area (Å²) in [5.74, 6) is 0. The molecule has 0 N–H and O–H groups in total. The standard InChI is InChI=1S/C13H9.C12H7BrN.2ClH.S.Zr/c1-3-7-12-10(5-1)9-11-6-2-4-8-13(11)12;13-10-1-2-11-9(6-10)5-8-3-4-14-7-12(8)11;;;;/h1-5,7-8H,9H2;1-4,7H,5H2;2*1H;;/q2*-1;;;;+2/p-2. The number of halogens is 3. The van der Waals surface area contributed by atoms with E-state index in [0.29, 0.717) is 0 Å². The second-order valence-electron chi connectivity index (χ2n) is 6.80. The Kier molecular flexibility index (Phi) is 10.4. The molecule has 0 saturated heterocycles. The number of benzene rings is 3. The van der Waals surface area contributed by atoms with Crippen molar-refractivity contribution in [2.75, 3.05) is 0 Å². The summed E-state index contributed by atoms with van der Waals surface area (Å²) in [6, 6.07) is 27.7. The molecular formula is C25H16BrCl2NSZr-2. The van der Waals surface area contributed by atoms with Crippen LogP contribution >= 0.6 is 24.8 Å². The second kappa shape index (κ2) is 12.3. The molecule has 31 heavy (non-hydrogen) atoms. The van der Waals surface area contributed by atoms with Crippen LogP contribution in [0.4, 0.5) is 0 Å². The van der Waals surface area contributed by atoms with E-state index in [4.69, 9.17) is 0 Å². The molecule has 0 aliphatic heterocycles. The molecule has 3 aromatic carbocycles. The minimum Gasteiger partial charge on any atom is -0.179 e. The Morgan fingerprint density at radius 1 is 0.774 bits per heavy atom.